The molecule has 2 aliphatic rings. The summed E-state index contributed by atoms with van der Waals surface area (Å²) in [6.07, 6.45) is 11.3. The minimum Gasteiger partial charge on any atom is -0.341 e. The van der Waals surface area contributed by atoms with Gasteiger partial charge >= 0.3 is 0 Å². The number of hydrogen-bond acceptors (Lipinski definition) is 5. The quantitative estimate of drug-likeness (QED) is 0.872. The zero-order valence-electron chi connectivity index (χ0n) is 13.6. The predicted octanol–water partition coefficient (Wildman–Crippen LogP) is 2.10. The number of aromatic nitrogens is 2. The fourth-order valence-corrected chi connectivity index (χ4v) is 1.88. The molecule has 4 N–H and O–H groups in total. The maximum absolute atomic E-state index is 5.22. The maximum atomic E-state index is 5.22. The average Bonchev–Trinajstić information content (AvgIpc) is 3.32. The zero-order chi connectivity index (χ0) is 15.5. The second-order valence-electron chi connectivity index (χ2n) is 5.54. The van der Waals surface area contributed by atoms with Crippen molar-refractivity contribution in [3.63, 3.8) is 0 Å². The first-order valence-electron chi connectivity index (χ1n) is 8.22. The lowest BCUT2D eigenvalue weighted by atomic mass is 10.1. The van der Waals surface area contributed by atoms with E-state index < -0.39 is 0 Å². The Labute approximate surface area is 129 Å². The molecule has 1 aromatic heterocycles. The van der Waals surface area contributed by atoms with Gasteiger partial charge in [-0.3, -0.25) is 0 Å². The van der Waals surface area contributed by atoms with E-state index in [4.69, 9.17) is 11.5 Å². The Morgan fingerprint density at radius 3 is 1.95 bits per heavy atom. The fraction of sp³-hybridized carbons (Fsp3) is 0.750. The van der Waals surface area contributed by atoms with E-state index in [1.807, 2.05) is 19.3 Å². The third-order valence-electron chi connectivity index (χ3n) is 3.36. The summed E-state index contributed by atoms with van der Waals surface area (Å²) >= 11 is 0. The van der Waals surface area contributed by atoms with Crippen LogP contribution in [0.1, 0.15) is 51.5 Å². The number of hydrogen-bond donors (Lipinski definition) is 2. The number of piperidine rings is 1. The molecule has 120 valence electrons. The van der Waals surface area contributed by atoms with Gasteiger partial charge in [0.05, 0.1) is 0 Å². The molecule has 1 saturated heterocycles. The highest BCUT2D eigenvalue weighted by Crippen LogP contribution is 2.15. The van der Waals surface area contributed by atoms with Crippen molar-refractivity contribution in [3.05, 3.63) is 18.0 Å². The molecule has 1 saturated carbocycles. The molecule has 5 heteroatoms. The van der Waals surface area contributed by atoms with Gasteiger partial charge in [0.2, 0.25) is 5.95 Å². The molecule has 0 aromatic carbocycles. The smallest absolute Gasteiger partial charge is 0.225 e. The summed E-state index contributed by atoms with van der Waals surface area (Å²) < 4.78 is 0. The number of anilines is 1. The second kappa shape index (κ2) is 10.5. The number of nitrogens with zero attached hydrogens (tertiary/aromatic N) is 3. The number of nitrogens with two attached hydrogens (primary N) is 2. The van der Waals surface area contributed by atoms with E-state index >= 15 is 0 Å². The Bertz CT molecular complexity index is 355. The summed E-state index contributed by atoms with van der Waals surface area (Å²) in [6, 6.07) is 0.583. The van der Waals surface area contributed by atoms with Crippen molar-refractivity contribution in [3.8, 4) is 0 Å². The molecule has 0 amide bonds. The van der Waals surface area contributed by atoms with Crippen LogP contribution in [0, 0.1) is 0 Å². The molecule has 0 bridgehead atoms. The number of aryl methyl sites for hydroxylation is 1. The molecule has 0 unspecified atom stereocenters. The molecule has 3 rings (SSSR count). The SMILES string of the molecule is CCN.CCc1cnc(N2CCCCC2)nc1.NC1CC1. The molecule has 2 fully saturated rings. The van der Waals surface area contributed by atoms with Crippen molar-refractivity contribution in [2.24, 2.45) is 11.5 Å². The molecule has 2 heterocycles. The summed E-state index contributed by atoms with van der Waals surface area (Å²) in [5.74, 6) is 0.905. The molecule has 1 aliphatic carbocycles. The van der Waals surface area contributed by atoms with Gasteiger partial charge in [-0.2, -0.15) is 0 Å². The lowest BCUT2D eigenvalue weighted by Gasteiger charge is -2.26. The van der Waals surface area contributed by atoms with Crippen molar-refractivity contribution < 1.29 is 0 Å². The van der Waals surface area contributed by atoms with E-state index in [2.05, 4.69) is 21.8 Å². The van der Waals surface area contributed by atoms with Gasteiger partial charge < -0.3 is 16.4 Å². The maximum Gasteiger partial charge on any atom is 0.225 e. The Hall–Kier alpha value is -1.20. The second-order valence-corrected chi connectivity index (χ2v) is 5.54. The Kier molecular flexibility index (Phi) is 8.94. The fourth-order valence-electron chi connectivity index (χ4n) is 1.88. The Balaban J connectivity index is 0.000000261. The van der Waals surface area contributed by atoms with Crippen LogP contribution in [-0.2, 0) is 6.42 Å². The summed E-state index contributed by atoms with van der Waals surface area (Å²) in [4.78, 5) is 11.1. The van der Waals surface area contributed by atoms with Gasteiger partial charge in [0.1, 0.15) is 0 Å². The summed E-state index contributed by atoms with van der Waals surface area (Å²) in [6.45, 7) is 7.01. The molecule has 0 spiro atoms. The van der Waals surface area contributed by atoms with Gasteiger partial charge in [-0.15, -0.1) is 0 Å². The summed E-state index contributed by atoms with van der Waals surface area (Å²) in [5, 5.41) is 0. The molecule has 0 atom stereocenters. The highest BCUT2D eigenvalue weighted by atomic mass is 15.2. The van der Waals surface area contributed by atoms with Gasteiger partial charge in [0, 0.05) is 31.5 Å². The first-order valence-corrected chi connectivity index (χ1v) is 8.22. The van der Waals surface area contributed by atoms with Gasteiger partial charge in [-0.05, 0) is 50.6 Å². The lowest BCUT2D eigenvalue weighted by Crippen LogP contribution is -2.30. The van der Waals surface area contributed by atoms with Crippen LogP contribution in [0.25, 0.3) is 0 Å². The molecule has 21 heavy (non-hydrogen) atoms. The summed E-state index contributed by atoms with van der Waals surface area (Å²) in [5.41, 5.74) is 11.3. The highest BCUT2D eigenvalue weighted by Gasteiger charge is 2.13. The minimum atomic E-state index is 0.583. The standard InChI is InChI=1S/C11H17N3.C3H7N.C2H7N/c1-2-10-8-12-11(13-9-10)14-6-4-3-5-7-14;4-3-1-2-3;1-2-3/h8-9H,2-7H2,1H3;3H,1-2,4H2;2-3H2,1H3. The normalized spacial score (nSPS) is 17.2. The Morgan fingerprint density at radius 2 is 1.57 bits per heavy atom. The third-order valence-corrected chi connectivity index (χ3v) is 3.36. The van der Waals surface area contributed by atoms with Crippen molar-refractivity contribution in [2.45, 2.75) is 58.4 Å². The Morgan fingerprint density at radius 1 is 1.10 bits per heavy atom. The van der Waals surface area contributed by atoms with Gasteiger partial charge in [-0.25, -0.2) is 9.97 Å². The van der Waals surface area contributed by atoms with Crippen LogP contribution in [0.4, 0.5) is 5.95 Å². The van der Waals surface area contributed by atoms with Crippen LogP contribution in [-0.4, -0.2) is 35.6 Å². The van der Waals surface area contributed by atoms with Crippen molar-refractivity contribution in [2.75, 3.05) is 24.5 Å². The van der Waals surface area contributed by atoms with E-state index in [0.29, 0.717) is 6.04 Å². The molecule has 1 aliphatic heterocycles. The zero-order valence-corrected chi connectivity index (χ0v) is 13.6. The molecular weight excluding hydrogens is 262 g/mol. The topological polar surface area (TPSA) is 81.1 Å². The number of rotatable bonds is 2. The highest BCUT2D eigenvalue weighted by molar-refractivity contribution is 5.30. The van der Waals surface area contributed by atoms with E-state index in [1.165, 1.54) is 37.7 Å². The lowest BCUT2D eigenvalue weighted by molar-refractivity contribution is 0.568. The first kappa shape index (κ1) is 17.9. The molecule has 1 aromatic rings. The largest absolute Gasteiger partial charge is 0.341 e. The van der Waals surface area contributed by atoms with E-state index in [0.717, 1.165) is 32.0 Å². The third kappa shape index (κ3) is 7.97. The monoisotopic (exact) mass is 293 g/mol. The predicted molar refractivity (Wildman–Crippen MR) is 89.4 cm³/mol. The van der Waals surface area contributed by atoms with E-state index in [-0.39, 0.29) is 0 Å². The van der Waals surface area contributed by atoms with Crippen LogP contribution >= 0.6 is 0 Å². The molecule has 0 radical (unpaired) electrons. The van der Waals surface area contributed by atoms with Gasteiger partial charge in [-0.1, -0.05) is 13.8 Å². The molecular formula is C16H31N5. The van der Waals surface area contributed by atoms with Crippen molar-refractivity contribution in [1.29, 1.82) is 0 Å². The van der Waals surface area contributed by atoms with Crippen LogP contribution in [0.15, 0.2) is 12.4 Å². The van der Waals surface area contributed by atoms with Crippen molar-refractivity contribution >= 4 is 5.95 Å². The van der Waals surface area contributed by atoms with Crippen molar-refractivity contribution in [1.82, 2.24) is 9.97 Å². The molecule has 5 nitrogen and oxygen atoms in total. The van der Waals surface area contributed by atoms with E-state index in [9.17, 15) is 0 Å². The van der Waals surface area contributed by atoms with Crippen LogP contribution < -0.4 is 16.4 Å². The van der Waals surface area contributed by atoms with Crippen LogP contribution in [0.3, 0.4) is 0 Å². The van der Waals surface area contributed by atoms with Crippen LogP contribution in [0.5, 0.6) is 0 Å². The summed E-state index contributed by atoms with van der Waals surface area (Å²) in [7, 11) is 0. The average molecular weight is 293 g/mol. The first-order chi connectivity index (χ1) is 10.2. The minimum absolute atomic E-state index is 0.583. The van der Waals surface area contributed by atoms with Crippen LogP contribution in [0.2, 0.25) is 0 Å². The van der Waals surface area contributed by atoms with E-state index in [1.54, 1.807) is 0 Å². The van der Waals surface area contributed by atoms with Gasteiger partial charge in [0.25, 0.3) is 0 Å². The van der Waals surface area contributed by atoms with Gasteiger partial charge in [0.15, 0.2) is 0 Å².